The van der Waals surface area contributed by atoms with Crippen molar-refractivity contribution in [1.29, 1.82) is 0 Å². The number of fused-ring (bicyclic) bond motifs is 2. The summed E-state index contributed by atoms with van der Waals surface area (Å²) in [4.78, 5) is 41.6. The van der Waals surface area contributed by atoms with Gasteiger partial charge in [0.1, 0.15) is 16.5 Å². The fraction of sp³-hybridized carbons (Fsp3) is 0.200. The van der Waals surface area contributed by atoms with Gasteiger partial charge in [-0.2, -0.15) is 0 Å². The Morgan fingerprint density at radius 3 is 2.62 bits per heavy atom. The minimum Gasteiger partial charge on any atom is -0.345 e. The lowest BCUT2D eigenvalue weighted by Gasteiger charge is -2.15. The summed E-state index contributed by atoms with van der Waals surface area (Å²) in [7, 11) is 0. The van der Waals surface area contributed by atoms with E-state index in [-0.39, 0.29) is 22.8 Å². The number of hydrogen-bond acceptors (Lipinski definition) is 6. The molecule has 7 nitrogen and oxygen atoms in total. The summed E-state index contributed by atoms with van der Waals surface area (Å²) in [6.07, 6.45) is 0. The Morgan fingerprint density at radius 1 is 1.06 bits per heavy atom. The van der Waals surface area contributed by atoms with Crippen molar-refractivity contribution < 1.29 is 4.79 Å². The Balaban J connectivity index is 1.24. The van der Waals surface area contributed by atoms with Crippen LogP contribution < -0.4 is 10.9 Å². The van der Waals surface area contributed by atoms with E-state index in [2.05, 4.69) is 25.3 Å². The van der Waals surface area contributed by atoms with Crippen LogP contribution in [0.5, 0.6) is 0 Å². The van der Waals surface area contributed by atoms with Gasteiger partial charge < -0.3 is 15.3 Å². The first-order valence-corrected chi connectivity index (χ1v) is 12.8. The zero-order valence-corrected chi connectivity index (χ0v) is 20.3. The van der Waals surface area contributed by atoms with Gasteiger partial charge in [0, 0.05) is 10.9 Å². The van der Waals surface area contributed by atoms with Crippen molar-refractivity contribution in [3.8, 4) is 11.1 Å². The summed E-state index contributed by atoms with van der Waals surface area (Å²) in [5.74, 6) is 1.62. The van der Waals surface area contributed by atoms with E-state index in [1.807, 2.05) is 73.8 Å². The maximum Gasteiger partial charge on any atom is 0.260 e. The number of para-hydroxylation sites is 2. The Kier molecular flexibility index (Phi) is 6.21. The number of benzene rings is 2. The van der Waals surface area contributed by atoms with Gasteiger partial charge in [0.2, 0.25) is 5.91 Å². The molecule has 1 amide bonds. The molecule has 172 valence electrons. The molecule has 9 heteroatoms. The summed E-state index contributed by atoms with van der Waals surface area (Å²) in [5, 5.41) is 5.26. The fourth-order valence-electron chi connectivity index (χ4n) is 3.75. The molecule has 5 aromatic rings. The van der Waals surface area contributed by atoms with Crippen LogP contribution >= 0.6 is 23.1 Å². The average Bonchev–Trinajstić information content (AvgIpc) is 3.48. The van der Waals surface area contributed by atoms with Gasteiger partial charge in [0.15, 0.2) is 0 Å². The highest BCUT2D eigenvalue weighted by molar-refractivity contribution is 7.99. The van der Waals surface area contributed by atoms with Crippen molar-refractivity contribution in [3.05, 3.63) is 82.0 Å². The third-order valence-electron chi connectivity index (χ3n) is 5.59. The number of carbonyl (C=O) groups is 1. The number of thioether (sulfide) groups is 1. The fourth-order valence-corrected chi connectivity index (χ4v) is 5.48. The van der Waals surface area contributed by atoms with E-state index < -0.39 is 0 Å². The Labute approximate surface area is 204 Å². The van der Waals surface area contributed by atoms with Gasteiger partial charge in [-0.15, -0.1) is 23.1 Å². The number of aromatic nitrogens is 4. The number of hydrogen-bond donors (Lipinski definition) is 3. The molecular formula is C25H23N5O2S2. The molecule has 0 radical (unpaired) electrons. The van der Waals surface area contributed by atoms with Gasteiger partial charge in [0.05, 0.1) is 33.5 Å². The summed E-state index contributed by atoms with van der Waals surface area (Å²) in [6, 6.07) is 17.3. The zero-order valence-electron chi connectivity index (χ0n) is 18.7. The molecule has 5 rings (SSSR count). The first kappa shape index (κ1) is 22.4. The van der Waals surface area contributed by atoms with E-state index in [0.29, 0.717) is 21.8 Å². The van der Waals surface area contributed by atoms with Crippen LogP contribution in [-0.4, -0.2) is 31.1 Å². The summed E-state index contributed by atoms with van der Waals surface area (Å²) in [5.41, 5.74) is 3.54. The van der Waals surface area contributed by atoms with Crippen molar-refractivity contribution in [3.63, 3.8) is 0 Å². The molecule has 2 atom stereocenters. The van der Waals surface area contributed by atoms with Crippen molar-refractivity contribution in [2.45, 2.75) is 30.9 Å². The molecule has 0 fully saturated rings. The number of H-pyrrole nitrogens is 2. The van der Waals surface area contributed by atoms with Crippen LogP contribution in [-0.2, 0) is 10.5 Å². The Morgan fingerprint density at radius 2 is 1.82 bits per heavy atom. The number of amides is 1. The van der Waals surface area contributed by atoms with Gasteiger partial charge in [0.25, 0.3) is 5.56 Å². The van der Waals surface area contributed by atoms with E-state index in [9.17, 15) is 9.59 Å². The second kappa shape index (κ2) is 9.44. The average molecular weight is 490 g/mol. The van der Waals surface area contributed by atoms with Gasteiger partial charge >= 0.3 is 0 Å². The largest absolute Gasteiger partial charge is 0.345 e. The number of nitrogens with zero attached hydrogens (tertiary/aromatic N) is 2. The minimum absolute atomic E-state index is 0.0936. The van der Waals surface area contributed by atoms with Crippen LogP contribution in [0.4, 0.5) is 0 Å². The highest BCUT2D eigenvalue weighted by Crippen LogP contribution is 2.31. The number of rotatable bonds is 7. The van der Waals surface area contributed by atoms with Crippen LogP contribution in [0.15, 0.2) is 64.8 Å². The molecule has 3 N–H and O–H groups in total. The van der Waals surface area contributed by atoms with Crippen LogP contribution in [0.2, 0.25) is 0 Å². The molecule has 0 aliphatic heterocycles. The molecule has 0 spiro atoms. The first-order chi connectivity index (χ1) is 16.5. The summed E-state index contributed by atoms with van der Waals surface area (Å²) < 4.78 is 0. The van der Waals surface area contributed by atoms with Crippen molar-refractivity contribution in [2.75, 3.05) is 0 Å². The topological polar surface area (TPSA) is 104 Å². The lowest BCUT2D eigenvalue weighted by Crippen LogP contribution is -2.33. The van der Waals surface area contributed by atoms with Crippen LogP contribution in [0.3, 0.4) is 0 Å². The van der Waals surface area contributed by atoms with E-state index in [0.717, 1.165) is 28.0 Å². The second-order valence-electron chi connectivity index (χ2n) is 8.03. The number of carbonyl (C=O) groups excluding carboxylic acids is 1. The molecule has 3 heterocycles. The van der Waals surface area contributed by atoms with Gasteiger partial charge in [-0.25, -0.2) is 9.97 Å². The molecular weight excluding hydrogens is 466 g/mol. The maximum atomic E-state index is 12.8. The molecule has 0 aliphatic rings. The minimum atomic E-state index is -0.323. The zero-order chi connectivity index (χ0) is 23.7. The van der Waals surface area contributed by atoms with Crippen molar-refractivity contribution in [1.82, 2.24) is 25.3 Å². The third kappa shape index (κ3) is 4.49. The van der Waals surface area contributed by atoms with Crippen LogP contribution in [0.25, 0.3) is 32.4 Å². The molecule has 2 aromatic carbocycles. The molecule has 34 heavy (non-hydrogen) atoms. The van der Waals surface area contributed by atoms with E-state index in [1.54, 1.807) is 0 Å². The van der Waals surface area contributed by atoms with E-state index >= 15 is 0 Å². The SMILES string of the molecule is CC(SCc1nc2scc(-c3ccccc3)c2c(=O)[nH]1)C(=O)NC(C)c1nc2ccccc2[nH]1. The predicted molar refractivity (Wildman–Crippen MR) is 139 cm³/mol. The van der Waals surface area contributed by atoms with Crippen LogP contribution in [0.1, 0.15) is 31.5 Å². The van der Waals surface area contributed by atoms with Crippen molar-refractivity contribution >= 4 is 50.3 Å². The first-order valence-electron chi connectivity index (χ1n) is 10.9. The van der Waals surface area contributed by atoms with Gasteiger partial charge in [-0.05, 0) is 31.5 Å². The maximum absolute atomic E-state index is 12.8. The standard InChI is InChI=1S/C25H23N5O2S2/c1-14(22-27-18-10-6-7-11-19(18)28-22)26-23(31)15(2)33-13-20-29-24(32)21-17(12-34-25(21)30-20)16-8-4-3-5-9-16/h3-12,14-15H,13H2,1-2H3,(H,26,31)(H,27,28)(H,29,30,32). The highest BCUT2D eigenvalue weighted by atomic mass is 32.2. The monoisotopic (exact) mass is 489 g/mol. The second-order valence-corrected chi connectivity index (χ2v) is 10.2. The predicted octanol–water partition coefficient (Wildman–Crippen LogP) is 5.03. The number of imidazole rings is 1. The molecule has 3 aromatic heterocycles. The lowest BCUT2D eigenvalue weighted by molar-refractivity contribution is -0.121. The Bertz CT molecular complexity index is 1490. The molecule has 0 saturated carbocycles. The number of nitrogens with one attached hydrogen (secondary N) is 3. The van der Waals surface area contributed by atoms with Gasteiger partial charge in [-0.3, -0.25) is 9.59 Å². The molecule has 0 bridgehead atoms. The van der Waals surface area contributed by atoms with Gasteiger partial charge in [-0.1, -0.05) is 42.5 Å². The molecule has 2 unspecified atom stereocenters. The smallest absolute Gasteiger partial charge is 0.260 e. The summed E-state index contributed by atoms with van der Waals surface area (Å²) in [6.45, 7) is 3.75. The summed E-state index contributed by atoms with van der Waals surface area (Å²) >= 11 is 2.88. The van der Waals surface area contributed by atoms with E-state index in [4.69, 9.17) is 0 Å². The number of aromatic amines is 2. The normalized spacial score (nSPS) is 13.2. The molecule has 0 saturated heterocycles. The van der Waals surface area contributed by atoms with Crippen LogP contribution in [0, 0.1) is 0 Å². The van der Waals surface area contributed by atoms with E-state index in [1.165, 1.54) is 23.1 Å². The highest BCUT2D eigenvalue weighted by Gasteiger charge is 2.20. The third-order valence-corrected chi connectivity index (χ3v) is 7.62. The quantitative estimate of drug-likeness (QED) is 0.298. The molecule has 0 aliphatic carbocycles. The van der Waals surface area contributed by atoms with Crippen molar-refractivity contribution in [2.24, 2.45) is 0 Å². The Hall–Kier alpha value is -3.43. The number of thiophene rings is 1. The lowest BCUT2D eigenvalue weighted by atomic mass is 10.1.